The molecule has 2 amide bonds. The number of carboxylic acid groups (broad SMARTS) is 1. The van der Waals surface area contributed by atoms with Crippen LogP contribution in [0, 0.1) is 0 Å². The molecule has 0 aliphatic carbocycles. The van der Waals surface area contributed by atoms with Crippen molar-refractivity contribution in [3.05, 3.63) is 49.4 Å². The summed E-state index contributed by atoms with van der Waals surface area (Å²) in [7, 11) is 0. The molecule has 11 heteroatoms. The number of aromatic nitrogens is 2. The van der Waals surface area contributed by atoms with Gasteiger partial charge in [0, 0.05) is 18.3 Å². The van der Waals surface area contributed by atoms with Crippen LogP contribution >= 0.6 is 46.4 Å². The van der Waals surface area contributed by atoms with Crippen LogP contribution in [0.3, 0.4) is 0 Å². The number of hydrogen-bond acceptors (Lipinski definition) is 4. The average Bonchev–Trinajstić information content (AvgIpc) is 3.15. The van der Waals surface area contributed by atoms with Gasteiger partial charge in [0.2, 0.25) is 0 Å². The molecule has 1 aliphatic heterocycles. The second kappa shape index (κ2) is 6.49. The predicted molar refractivity (Wildman–Crippen MR) is 90.7 cm³/mol. The number of aromatic amines is 1. The number of halogens is 4. The minimum absolute atomic E-state index is 0.169. The van der Waals surface area contributed by atoms with E-state index in [4.69, 9.17) is 46.4 Å². The summed E-state index contributed by atoms with van der Waals surface area (Å²) in [5.74, 6) is -3.19. The van der Waals surface area contributed by atoms with Gasteiger partial charge in [0.05, 0.1) is 37.5 Å². The lowest BCUT2D eigenvalue weighted by molar-refractivity contribution is -0.141. The minimum Gasteiger partial charge on any atom is -0.480 e. The van der Waals surface area contributed by atoms with Crippen molar-refractivity contribution in [1.29, 1.82) is 0 Å². The number of carboxylic acids is 1. The number of carbonyl (C=O) groups excluding carboxylic acids is 2. The van der Waals surface area contributed by atoms with Crippen LogP contribution in [0.15, 0.2) is 12.5 Å². The summed E-state index contributed by atoms with van der Waals surface area (Å²) in [6.45, 7) is 0. The lowest BCUT2D eigenvalue weighted by atomic mass is 10.1. The number of hydrogen-bond donors (Lipinski definition) is 2. The van der Waals surface area contributed by atoms with Crippen LogP contribution in [0.2, 0.25) is 20.1 Å². The molecule has 130 valence electrons. The summed E-state index contributed by atoms with van der Waals surface area (Å²) in [6, 6.07) is -1.49. The maximum absolute atomic E-state index is 12.7. The Hall–Kier alpha value is -1.80. The average molecular weight is 423 g/mol. The topological polar surface area (TPSA) is 103 Å². The van der Waals surface area contributed by atoms with Crippen LogP contribution in [0.25, 0.3) is 0 Å². The van der Waals surface area contributed by atoms with Gasteiger partial charge in [0.25, 0.3) is 11.8 Å². The first kappa shape index (κ1) is 18.0. The first-order chi connectivity index (χ1) is 11.8. The van der Waals surface area contributed by atoms with Crippen LogP contribution in [0.5, 0.6) is 0 Å². The fourth-order valence-corrected chi connectivity index (χ4v) is 3.56. The Bertz CT molecular complexity index is 867. The highest BCUT2D eigenvalue weighted by Crippen LogP contribution is 2.45. The number of rotatable bonds is 4. The molecule has 2 aromatic rings. The molecular weight excluding hydrogens is 416 g/mol. The van der Waals surface area contributed by atoms with E-state index in [1.807, 2.05) is 0 Å². The van der Waals surface area contributed by atoms with Gasteiger partial charge in [-0.1, -0.05) is 46.4 Å². The molecule has 1 aromatic heterocycles. The second-order valence-corrected chi connectivity index (χ2v) is 6.63. The Labute approximate surface area is 160 Å². The van der Waals surface area contributed by atoms with E-state index in [0.717, 1.165) is 0 Å². The summed E-state index contributed by atoms with van der Waals surface area (Å²) in [6.07, 6.45) is 2.57. The Morgan fingerprint density at radius 2 is 1.60 bits per heavy atom. The van der Waals surface area contributed by atoms with Gasteiger partial charge in [-0.05, 0) is 0 Å². The quantitative estimate of drug-likeness (QED) is 0.446. The number of aliphatic carboxylic acids is 1. The van der Waals surface area contributed by atoms with Crippen molar-refractivity contribution in [2.75, 3.05) is 0 Å². The number of imidazole rings is 1. The van der Waals surface area contributed by atoms with Crippen LogP contribution in [-0.2, 0) is 11.2 Å². The lowest BCUT2D eigenvalue weighted by Gasteiger charge is -2.21. The lowest BCUT2D eigenvalue weighted by Crippen LogP contribution is -2.46. The van der Waals surface area contributed by atoms with E-state index < -0.39 is 23.8 Å². The van der Waals surface area contributed by atoms with Gasteiger partial charge in [0.1, 0.15) is 6.04 Å². The van der Waals surface area contributed by atoms with Crippen molar-refractivity contribution in [2.24, 2.45) is 0 Å². The van der Waals surface area contributed by atoms with Crippen molar-refractivity contribution in [3.63, 3.8) is 0 Å². The summed E-state index contributed by atoms with van der Waals surface area (Å²) in [5.41, 5.74) is -0.0962. The standard InChI is InChI=1S/C14H7Cl4N3O4/c15-8-6-7(9(16)11(18)10(8)17)13(23)21(12(6)22)5(14(24)25)1-4-2-19-3-20-4/h2-3,5H,1H2,(H,19,20)(H,24,25). The minimum atomic E-state index is -1.49. The molecule has 0 spiro atoms. The molecule has 1 unspecified atom stereocenters. The largest absolute Gasteiger partial charge is 0.480 e. The van der Waals surface area contributed by atoms with Crippen molar-refractivity contribution in [2.45, 2.75) is 12.5 Å². The number of nitrogens with one attached hydrogen (secondary N) is 1. The fourth-order valence-electron chi connectivity index (χ4n) is 2.54. The van der Waals surface area contributed by atoms with Gasteiger partial charge in [-0.15, -0.1) is 0 Å². The molecule has 25 heavy (non-hydrogen) atoms. The van der Waals surface area contributed by atoms with Crippen LogP contribution < -0.4 is 0 Å². The molecule has 0 bridgehead atoms. The third-order valence-corrected chi connectivity index (χ3v) is 5.50. The van der Waals surface area contributed by atoms with Gasteiger partial charge in [-0.3, -0.25) is 14.5 Å². The van der Waals surface area contributed by atoms with E-state index in [9.17, 15) is 19.5 Å². The number of nitrogens with zero attached hydrogens (tertiary/aromatic N) is 2. The SMILES string of the molecule is O=C(O)C(Cc1cnc[nH]1)N1C(=O)c2c(Cl)c(Cl)c(Cl)c(Cl)c2C1=O. The Balaban J connectivity index is 2.11. The highest BCUT2D eigenvalue weighted by atomic mass is 35.5. The van der Waals surface area contributed by atoms with E-state index in [1.54, 1.807) is 0 Å². The molecule has 1 aliphatic rings. The first-order valence-electron chi connectivity index (χ1n) is 6.69. The highest BCUT2D eigenvalue weighted by Gasteiger charge is 2.46. The molecule has 0 fully saturated rings. The summed E-state index contributed by atoms with van der Waals surface area (Å²) in [4.78, 5) is 44.1. The van der Waals surface area contributed by atoms with Crippen LogP contribution in [0.4, 0.5) is 0 Å². The fraction of sp³-hybridized carbons (Fsp3) is 0.143. The van der Waals surface area contributed by atoms with E-state index in [-0.39, 0.29) is 37.6 Å². The van der Waals surface area contributed by atoms with Gasteiger partial charge in [0.15, 0.2) is 0 Å². The van der Waals surface area contributed by atoms with Gasteiger partial charge >= 0.3 is 5.97 Å². The third-order valence-electron chi connectivity index (χ3n) is 3.70. The Morgan fingerprint density at radius 3 is 2.00 bits per heavy atom. The number of carbonyl (C=O) groups is 3. The maximum atomic E-state index is 12.7. The van der Waals surface area contributed by atoms with E-state index >= 15 is 0 Å². The zero-order chi connectivity index (χ0) is 18.5. The maximum Gasteiger partial charge on any atom is 0.327 e. The molecule has 3 rings (SSSR count). The normalized spacial score (nSPS) is 14.8. The first-order valence-corrected chi connectivity index (χ1v) is 8.20. The third kappa shape index (κ3) is 2.77. The molecular formula is C14H7Cl4N3O4. The second-order valence-electron chi connectivity index (χ2n) is 5.12. The summed E-state index contributed by atoms with van der Waals surface area (Å²) in [5, 5.41) is 8.62. The molecule has 2 heterocycles. The van der Waals surface area contributed by atoms with Crippen molar-refractivity contribution < 1.29 is 19.5 Å². The number of imide groups is 1. The molecule has 2 N–H and O–H groups in total. The molecule has 0 radical (unpaired) electrons. The number of fused-ring (bicyclic) bond motifs is 1. The van der Waals surface area contributed by atoms with Crippen LogP contribution in [0.1, 0.15) is 26.4 Å². The van der Waals surface area contributed by atoms with Crippen molar-refractivity contribution in [1.82, 2.24) is 14.9 Å². The molecule has 0 saturated carbocycles. The van der Waals surface area contributed by atoms with Gasteiger partial charge in [-0.25, -0.2) is 9.78 Å². The summed E-state index contributed by atoms with van der Waals surface area (Å²) >= 11 is 23.9. The van der Waals surface area contributed by atoms with Crippen molar-refractivity contribution in [3.8, 4) is 0 Å². The molecule has 7 nitrogen and oxygen atoms in total. The molecule has 1 aromatic carbocycles. The number of H-pyrrole nitrogens is 1. The van der Waals surface area contributed by atoms with Gasteiger partial charge in [-0.2, -0.15) is 0 Å². The van der Waals surface area contributed by atoms with Gasteiger partial charge < -0.3 is 10.1 Å². The van der Waals surface area contributed by atoms with E-state index in [1.165, 1.54) is 12.5 Å². The smallest absolute Gasteiger partial charge is 0.327 e. The van der Waals surface area contributed by atoms with Crippen molar-refractivity contribution >= 4 is 64.2 Å². The number of amides is 2. The summed E-state index contributed by atoms with van der Waals surface area (Å²) < 4.78 is 0. The molecule has 1 atom stereocenters. The van der Waals surface area contributed by atoms with E-state index in [2.05, 4.69) is 9.97 Å². The Kier molecular flexibility index (Phi) is 4.68. The monoisotopic (exact) mass is 421 g/mol. The zero-order valence-electron chi connectivity index (χ0n) is 12.0. The predicted octanol–water partition coefficient (Wildman–Crippen LogP) is 3.32. The van der Waals surface area contributed by atoms with E-state index in [0.29, 0.717) is 10.6 Å². The molecule has 0 saturated heterocycles. The number of benzene rings is 1. The van der Waals surface area contributed by atoms with Crippen LogP contribution in [-0.4, -0.2) is 43.8 Å². The Morgan fingerprint density at radius 1 is 1.08 bits per heavy atom. The highest BCUT2D eigenvalue weighted by molar-refractivity contribution is 6.55. The zero-order valence-corrected chi connectivity index (χ0v) is 15.0.